The highest BCUT2D eigenvalue weighted by Crippen LogP contribution is 2.41. The zero-order chi connectivity index (χ0) is 19.8. The number of carbonyl (C=O) groups is 2. The second-order valence-corrected chi connectivity index (χ2v) is 7.37. The third-order valence-electron chi connectivity index (χ3n) is 5.51. The third kappa shape index (κ3) is 3.55. The molecule has 0 bridgehead atoms. The SMILES string of the molecule is O=C(Nc1ccc2c(c1)OCO2)C1CC1C(=O)N1CCN(c2ncccn2)CC1. The van der Waals surface area contributed by atoms with Gasteiger partial charge in [0.05, 0.1) is 11.8 Å². The molecule has 3 heterocycles. The molecule has 1 aromatic carbocycles. The van der Waals surface area contributed by atoms with Crippen molar-refractivity contribution in [3.63, 3.8) is 0 Å². The van der Waals surface area contributed by atoms with Crippen LogP contribution >= 0.6 is 0 Å². The maximum absolute atomic E-state index is 12.8. The van der Waals surface area contributed by atoms with Crippen molar-refractivity contribution >= 4 is 23.5 Å². The molecule has 29 heavy (non-hydrogen) atoms. The first kappa shape index (κ1) is 17.7. The van der Waals surface area contributed by atoms with E-state index in [0.29, 0.717) is 55.7 Å². The number of nitrogens with one attached hydrogen (secondary N) is 1. The Morgan fingerprint density at radius 1 is 1.00 bits per heavy atom. The number of fused-ring (bicyclic) bond motifs is 1. The van der Waals surface area contributed by atoms with Crippen molar-refractivity contribution in [1.82, 2.24) is 14.9 Å². The van der Waals surface area contributed by atoms with Crippen molar-refractivity contribution in [2.24, 2.45) is 11.8 Å². The second-order valence-electron chi connectivity index (χ2n) is 7.37. The lowest BCUT2D eigenvalue weighted by Gasteiger charge is -2.34. The summed E-state index contributed by atoms with van der Waals surface area (Å²) in [5, 5.41) is 2.88. The van der Waals surface area contributed by atoms with Crippen LogP contribution in [0.2, 0.25) is 0 Å². The lowest BCUT2D eigenvalue weighted by atomic mass is 10.2. The molecule has 1 aromatic heterocycles. The van der Waals surface area contributed by atoms with Gasteiger partial charge in [-0.3, -0.25) is 9.59 Å². The summed E-state index contributed by atoms with van der Waals surface area (Å²) in [4.78, 5) is 37.7. The van der Waals surface area contributed by atoms with Crippen LogP contribution in [-0.2, 0) is 9.59 Å². The number of nitrogens with zero attached hydrogens (tertiary/aromatic N) is 4. The van der Waals surface area contributed by atoms with E-state index >= 15 is 0 Å². The number of anilines is 2. The summed E-state index contributed by atoms with van der Waals surface area (Å²) >= 11 is 0. The highest BCUT2D eigenvalue weighted by atomic mass is 16.7. The molecule has 3 aliphatic rings. The fraction of sp³-hybridized carbons (Fsp3) is 0.400. The molecule has 150 valence electrons. The molecule has 9 heteroatoms. The number of rotatable bonds is 4. The monoisotopic (exact) mass is 395 g/mol. The maximum atomic E-state index is 12.8. The van der Waals surface area contributed by atoms with Crippen molar-refractivity contribution in [3.05, 3.63) is 36.7 Å². The van der Waals surface area contributed by atoms with E-state index in [-0.39, 0.29) is 30.4 Å². The van der Waals surface area contributed by atoms with E-state index in [4.69, 9.17) is 9.47 Å². The standard InChI is InChI=1S/C20H21N5O4/c26-18(23-13-2-3-16-17(10-13)29-12-28-16)14-11-15(14)19(27)24-6-8-25(9-7-24)20-21-4-1-5-22-20/h1-5,10,14-15H,6-9,11-12H2,(H,23,26). The van der Waals surface area contributed by atoms with Gasteiger partial charge in [0.15, 0.2) is 11.5 Å². The molecule has 2 aromatic rings. The smallest absolute Gasteiger partial charge is 0.231 e. The minimum Gasteiger partial charge on any atom is -0.454 e. The average Bonchev–Trinajstić information content (AvgIpc) is 3.44. The van der Waals surface area contributed by atoms with Crippen LogP contribution < -0.4 is 19.7 Å². The maximum Gasteiger partial charge on any atom is 0.231 e. The number of aromatic nitrogens is 2. The van der Waals surface area contributed by atoms with Crippen molar-refractivity contribution in [3.8, 4) is 11.5 Å². The molecule has 1 saturated carbocycles. The largest absolute Gasteiger partial charge is 0.454 e. The molecular formula is C20H21N5O4. The summed E-state index contributed by atoms with van der Waals surface area (Å²) in [6, 6.07) is 7.06. The van der Waals surface area contributed by atoms with Gasteiger partial charge in [-0.1, -0.05) is 0 Å². The zero-order valence-corrected chi connectivity index (χ0v) is 15.8. The number of hydrogen-bond acceptors (Lipinski definition) is 7. The van der Waals surface area contributed by atoms with E-state index < -0.39 is 0 Å². The van der Waals surface area contributed by atoms with E-state index in [2.05, 4.69) is 20.2 Å². The van der Waals surface area contributed by atoms with Gasteiger partial charge in [0.25, 0.3) is 0 Å². The summed E-state index contributed by atoms with van der Waals surface area (Å²) in [6.45, 7) is 2.80. The molecule has 2 amide bonds. The Kier molecular flexibility index (Phi) is 4.42. The Balaban J connectivity index is 1.13. The predicted octanol–water partition coefficient (Wildman–Crippen LogP) is 1.13. The van der Waals surface area contributed by atoms with Crippen LogP contribution in [0.15, 0.2) is 36.7 Å². The Morgan fingerprint density at radius 3 is 2.55 bits per heavy atom. The topological polar surface area (TPSA) is 96.9 Å². The van der Waals surface area contributed by atoms with Crippen molar-refractivity contribution in [1.29, 1.82) is 0 Å². The summed E-state index contributed by atoms with van der Waals surface area (Å²) in [7, 11) is 0. The first-order chi connectivity index (χ1) is 14.2. The van der Waals surface area contributed by atoms with Crippen molar-refractivity contribution in [2.45, 2.75) is 6.42 Å². The number of benzene rings is 1. The molecule has 1 saturated heterocycles. The number of piperazine rings is 1. The fourth-order valence-corrected chi connectivity index (χ4v) is 3.78. The number of hydrogen-bond donors (Lipinski definition) is 1. The first-order valence-corrected chi connectivity index (χ1v) is 9.70. The van der Waals surface area contributed by atoms with Gasteiger partial charge in [-0.25, -0.2) is 9.97 Å². The molecule has 0 spiro atoms. The normalized spacial score (nSPS) is 22.3. The molecule has 0 radical (unpaired) electrons. The summed E-state index contributed by atoms with van der Waals surface area (Å²) in [5.41, 5.74) is 0.647. The third-order valence-corrected chi connectivity index (χ3v) is 5.51. The quantitative estimate of drug-likeness (QED) is 0.829. The van der Waals surface area contributed by atoms with Crippen LogP contribution in [0.4, 0.5) is 11.6 Å². The summed E-state index contributed by atoms with van der Waals surface area (Å²) in [6.07, 6.45) is 4.03. The molecule has 1 aliphatic carbocycles. The van der Waals surface area contributed by atoms with Gasteiger partial charge in [0.2, 0.25) is 24.6 Å². The number of carbonyl (C=O) groups excluding carboxylic acids is 2. The van der Waals surface area contributed by atoms with Gasteiger partial charge in [0, 0.05) is 50.3 Å². The minimum absolute atomic E-state index is 0.0597. The number of amides is 2. The van der Waals surface area contributed by atoms with E-state index in [9.17, 15) is 9.59 Å². The van der Waals surface area contributed by atoms with Gasteiger partial charge in [-0.05, 0) is 24.6 Å². The lowest BCUT2D eigenvalue weighted by Crippen LogP contribution is -2.50. The molecule has 5 rings (SSSR count). The highest BCUT2D eigenvalue weighted by Gasteiger charge is 2.49. The van der Waals surface area contributed by atoms with E-state index in [0.717, 1.165) is 0 Å². The number of ether oxygens (including phenoxy) is 2. The lowest BCUT2D eigenvalue weighted by molar-refractivity contribution is -0.134. The molecule has 2 fully saturated rings. The van der Waals surface area contributed by atoms with Crippen LogP contribution in [0, 0.1) is 11.8 Å². The van der Waals surface area contributed by atoms with Gasteiger partial charge in [-0.2, -0.15) is 0 Å². The molecule has 2 aliphatic heterocycles. The van der Waals surface area contributed by atoms with Crippen LogP contribution in [0.3, 0.4) is 0 Å². The van der Waals surface area contributed by atoms with Gasteiger partial charge >= 0.3 is 0 Å². The molecule has 9 nitrogen and oxygen atoms in total. The van der Waals surface area contributed by atoms with Crippen molar-refractivity contribution in [2.75, 3.05) is 43.2 Å². The fourth-order valence-electron chi connectivity index (χ4n) is 3.78. The van der Waals surface area contributed by atoms with Gasteiger partial charge < -0.3 is 24.6 Å². The van der Waals surface area contributed by atoms with E-state index in [1.54, 1.807) is 36.7 Å². The van der Waals surface area contributed by atoms with Crippen LogP contribution in [0.1, 0.15) is 6.42 Å². The van der Waals surface area contributed by atoms with E-state index in [1.165, 1.54) is 0 Å². The Hall–Kier alpha value is -3.36. The molecular weight excluding hydrogens is 374 g/mol. The minimum atomic E-state index is -0.275. The van der Waals surface area contributed by atoms with Gasteiger partial charge in [-0.15, -0.1) is 0 Å². The Bertz CT molecular complexity index is 930. The van der Waals surface area contributed by atoms with Gasteiger partial charge in [0.1, 0.15) is 0 Å². The molecule has 1 N–H and O–H groups in total. The zero-order valence-electron chi connectivity index (χ0n) is 15.8. The second kappa shape index (κ2) is 7.23. The summed E-state index contributed by atoms with van der Waals surface area (Å²) < 4.78 is 10.6. The molecule has 2 atom stereocenters. The average molecular weight is 395 g/mol. The van der Waals surface area contributed by atoms with Crippen LogP contribution in [-0.4, -0.2) is 59.7 Å². The Labute approximate surface area is 167 Å². The predicted molar refractivity (Wildman–Crippen MR) is 104 cm³/mol. The molecule has 2 unspecified atom stereocenters. The highest BCUT2D eigenvalue weighted by molar-refractivity contribution is 5.99. The summed E-state index contributed by atoms with van der Waals surface area (Å²) in [5.74, 6) is 1.40. The first-order valence-electron chi connectivity index (χ1n) is 9.70. The van der Waals surface area contributed by atoms with Crippen LogP contribution in [0.5, 0.6) is 11.5 Å². The van der Waals surface area contributed by atoms with E-state index in [1.807, 2.05) is 4.90 Å². The van der Waals surface area contributed by atoms with Crippen molar-refractivity contribution < 1.29 is 19.1 Å². The van der Waals surface area contributed by atoms with Crippen LogP contribution in [0.25, 0.3) is 0 Å². The Morgan fingerprint density at radius 2 is 1.76 bits per heavy atom.